The fourth-order valence-electron chi connectivity index (χ4n) is 3.73. The first kappa shape index (κ1) is 14.8. The highest BCUT2D eigenvalue weighted by Crippen LogP contribution is 2.27. The third kappa shape index (κ3) is 3.57. The standard InChI is InChI=1S/C18H27FN2/c1-14(20-16-7-3-2-4-8-16)15-9-10-18(17(19)13-15)21-11-5-6-12-21/h9-10,13-14,16,20H,2-8,11-12H2,1H3/t14-/m1/s1. The van der Waals surface area contributed by atoms with E-state index in [1.54, 1.807) is 6.07 Å². The third-order valence-electron chi connectivity index (χ3n) is 5.01. The average Bonchev–Trinajstić information content (AvgIpc) is 3.02. The Morgan fingerprint density at radius 3 is 2.48 bits per heavy atom. The summed E-state index contributed by atoms with van der Waals surface area (Å²) >= 11 is 0. The molecule has 1 aliphatic heterocycles. The van der Waals surface area contributed by atoms with Crippen LogP contribution in [0, 0.1) is 5.82 Å². The zero-order valence-corrected chi connectivity index (χ0v) is 13.1. The summed E-state index contributed by atoms with van der Waals surface area (Å²) in [6, 6.07) is 6.63. The topological polar surface area (TPSA) is 15.3 Å². The third-order valence-corrected chi connectivity index (χ3v) is 5.01. The molecule has 0 radical (unpaired) electrons. The van der Waals surface area contributed by atoms with Gasteiger partial charge in [0.05, 0.1) is 5.69 Å². The maximum absolute atomic E-state index is 14.4. The lowest BCUT2D eigenvalue weighted by atomic mass is 9.94. The molecule has 2 nitrogen and oxygen atoms in total. The molecule has 2 aliphatic rings. The van der Waals surface area contributed by atoms with Crippen LogP contribution in [0.25, 0.3) is 0 Å². The zero-order chi connectivity index (χ0) is 14.7. The number of benzene rings is 1. The van der Waals surface area contributed by atoms with E-state index in [4.69, 9.17) is 0 Å². The second-order valence-corrected chi connectivity index (χ2v) is 6.63. The minimum absolute atomic E-state index is 0.0632. The number of anilines is 1. The van der Waals surface area contributed by atoms with E-state index in [1.807, 2.05) is 6.07 Å². The lowest BCUT2D eigenvalue weighted by Gasteiger charge is -2.27. The molecule has 0 amide bonds. The first-order chi connectivity index (χ1) is 10.2. The molecule has 1 aromatic carbocycles. The SMILES string of the molecule is C[C@@H](NC1CCCCC1)c1ccc(N2CCCC2)c(F)c1. The quantitative estimate of drug-likeness (QED) is 0.883. The molecule has 1 saturated carbocycles. The molecule has 21 heavy (non-hydrogen) atoms. The van der Waals surface area contributed by atoms with E-state index in [9.17, 15) is 4.39 Å². The zero-order valence-electron chi connectivity index (χ0n) is 13.1. The van der Waals surface area contributed by atoms with Crippen LogP contribution in [-0.4, -0.2) is 19.1 Å². The first-order valence-electron chi connectivity index (χ1n) is 8.54. The number of hydrogen-bond donors (Lipinski definition) is 1. The summed E-state index contributed by atoms with van der Waals surface area (Å²) in [6.07, 6.45) is 8.91. The molecule has 1 aliphatic carbocycles. The van der Waals surface area contributed by atoms with E-state index >= 15 is 0 Å². The van der Waals surface area contributed by atoms with Crippen molar-refractivity contribution in [3.8, 4) is 0 Å². The van der Waals surface area contributed by atoms with Gasteiger partial charge in [0.15, 0.2) is 0 Å². The van der Waals surface area contributed by atoms with E-state index in [2.05, 4.69) is 23.2 Å². The van der Waals surface area contributed by atoms with Crippen molar-refractivity contribution in [3.05, 3.63) is 29.6 Å². The molecule has 1 N–H and O–H groups in total. The number of nitrogens with zero attached hydrogens (tertiary/aromatic N) is 1. The van der Waals surface area contributed by atoms with Gasteiger partial charge in [-0.25, -0.2) is 4.39 Å². The van der Waals surface area contributed by atoms with Crippen LogP contribution in [0.1, 0.15) is 63.5 Å². The molecule has 0 bridgehead atoms. The van der Waals surface area contributed by atoms with Crippen molar-refractivity contribution in [1.82, 2.24) is 5.32 Å². The lowest BCUT2D eigenvalue weighted by Crippen LogP contribution is -2.33. The van der Waals surface area contributed by atoms with Crippen LogP contribution in [0.5, 0.6) is 0 Å². The van der Waals surface area contributed by atoms with Crippen LogP contribution >= 0.6 is 0 Å². The van der Waals surface area contributed by atoms with Gasteiger partial charge in [-0.05, 0) is 50.3 Å². The molecule has 0 unspecified atom stereocenters. The van der Waals surface area contributed by atoms with Crippen molar-refractivity contribution in [2.24, 2.45) is 0 Å². The molecule has 2 fully saturated rings. The van der Waals surface area contributed by atoms with Crippen LogP contribution in [0.4, 0.5) is 10.1 Å². The average molecular weight is 290 g/mol. The van der Waals surface area contributed by atoms with E-state index in [-0.39, 0.29) is 11.9 Å². The van der Waals surface area contributed by atoms with E-state index in [0.29, 0.717) is 6.04 Å². The lowest BCUT2D eigenvalue weighted by molar-refractivity contribution is 0.346. The van der Waals surface area contributed by atoms with E-state index in [0.717, 1.165) is 24.3 Å². The number of halogens is 1. The van der Waals surface area contributed by atoms with Crippen molar-refractivity contribution < 1.29 is 4.39 Å². The van der Waals surface area contributed by atoms with Gasteiger partial charge in [0.2, 0.25) is 0 Å². The Kier molecular flexibility index (Phi) is 4.79. The molecule has 3 rings (SSSR count). The molecule has 1 heterocycles. The summed E-state index contributed by atoms with van der Waals surface area (Å²) in [7, 11) is 0. The summed E-state index contributed by atoms with van der Waals surface area (Å²) in [6.45, 7) is 4.14. The summed E-state index contributed by atoms with van der Waals surface area (Å²) in [5.74, 6) is -0.0632. The molecule has 1 saturated heterocycles. The second kappa shape index (κ2) is 6.78. The van der Waals surface area contributed by atoms with Crippen LogP contribution in [0.2, 0.25) is 0 Å². The van der Waals surface area contributed by atoms with E-state index < -0.39 is 0 Å². The van der Waals surface area contributed by atoms with Crippen LogP contribution in [0.15, 0.2) is 18.2 Å². The molecule has 0 aromatic heterocycles. The van der Waals surface area contributed by atoms with Crippen molar-refractivity contribution >= 4 is 5.69 Å². The predicted octanol–water partition coefficient (Wildman–Crippen LogP) is 4.41. The highest BCUT2D eigenvalue weighted by Gasteiger charge is 2.19. The Labute approximate surface area is 127 Å². The van der Waals surface area contributed by atoms with Gasteiger partial charge >= 0.3 is 0 Å². The normalized spacial score (nSPS) is 21.7. The second-order valence-electron chi connectivity index (χ2n) is 6.63. The fourth-order valence-corrected chi connectivity index (χ4v) is 3.73. The maximum atomic E-state index is 14.4. The number of rotatable bonds is 4. The Bertz CT molecular complexity index is 462. The summed E-state index contributed by atoms with van der Waals surface area (Å²) in [4.78, 5) is 2.17. The molecular weight excluding hydrogens is 263 g/mol. The van der Waals surface area contributed by atoms with E-state index in [1.165, 1.54) is 44.9 Å². The van der Waals surface area contributed by atoms with Crippen molar-refractivity contribution in [2.75, 3.05) is 18.0 Å². The van der Waals surface area contributed by atoms with Gasteiger partial charge in [-0.15, -0.1) is 0 Å². The van der Waals surface area contributed by atoms with Gasteiger partial charge in [0.1, 0.15) is 5.82 Å². The van der Waals surface area contributed by atoms with Gasteiger partial charge in [-0.3, -0.25) is 0 Å². The molecule has 1 aromatic rings. The van der Waals surface area contributed by atoms with Gasteiger partial charge in [0.25, 0.3) is 0 Å². The van der Waals surface area contributed by atoms with Gasteiger partial charge in [0, 0.05) is 25.2 Å². The van der Waals surface area contributed by atoms with Crippen LogP contribution in [-0.2, 0) is 0 Å². The first-order valence-corrected chi connectivity index (χ1v) is 8.54. The Hall–Kier alpha value is -1.09. The highest BCUT2D eigenvalue weighted by atomic mass is 19.1. The monoisotopic (exact) mass is 290 g/mol. The minimum atomic E-state index is -0.0632. The van der Waals surface area contributed by atoms with Crippen LogP contribution < -0.4 is 10.2 Å². The molecular formula is C18H27FN2. The minimum Gasteiger partial charge on any atom is -0.369 e. The smallest absolute Gasteiger partial charge is 0.146 e. The number of hydrogen-bond acceptors (Lipinski definition) is 2. The van der Waals surface area contributed by atoms with Gasteiger partial charge in [-0.2, -0.15) is 0 Å². The predicted molar refractivity (Wildman–Crippen MR) is 86.3 cm³/mol. The summed E-state index contributed by atoms with van der Waals surface area (Å²) in [5, 5.41) is 3.67. The van der Waals surface area contributed by atoms with Crippen molar-refractivity contribution in [1.29, 1.82) is 0 Å². The summed E-state index contributed by atoms with van der Waals surface area (Å²) in [5.41, 5.74) is 1.85. The molecule has 116 valence electrons. The molecule has 0 spiro atoms. The Morgan fingerprint density at radius 2 is 1.81 bits per heavy atom. The Balaban J connectivity index is 1.65. The maximum Gasteiger partial charge on any atom is 0.146 e. The largest absolute Gasteiger partial charge is 0.369 e. The van der Waals surface area contributed by atoms with Gasteiger partial charge in [-0.1, -0.05) is 25.3 Å². The fraction of sp³-hybridized carbons (Fsp3) is 0.667. The molecule has 1 atom stereocenters. The van der Waals surface area contributed by atoms with Crippen LogP contribution in [0.3, 0.4) is 0 Å². The highest BCUT2D eigenvalue weighted by molar-refractivity contribution is 5.50. The van der Waals surface area contributed by atoms with Gasteiger partial charge < -0.3 is 10.2 Å². The number of nitrogens with one attached hydrogen (secondary N) is 1. The molecule has 3 heteroatoms. The van der Waals surface area contributed by atoms with Crippen molar-refractivity contribution in [3.63, 3.8) is 0 Å². The summed E-state index contributed by atoms with van der Waals surface area (Å²) < 4.78 is 14.4. The van der Waals surface area contributed by atoms with Crippen molar-refractivity contribution in [2.45, 2.75) is 64.0 Å². The Morgan fingerprint density at radius 1 is 1.10 bits per heavy atom.